The molecule has 8 heteroatoms. The molecule has 0 aliphatic rings. The smallest absolute Gasteiger partial charge is 0.282 e. The van der Waals surface area contributed by atoms with Crippen molar-refractivity contribution in [1.82, 2.24) is 9.66 Å². The van der Waals surface area contributed by atoms with Gasteiger partial charge in [0, 0.05) is 11.3 Å². The van der Waals surface area contributed by atoms with Gasteiger partial charge in [0.2, 0.25) is 4.77 Å². The lowest BCUT2D eigenvalue weighted by Crippen LogP contribution is -2.34. The quantitative estimate of drug-likeness (QED) is 0.510. The molecule has 27 heavy (non-hydrogen) atoms. The predicted molar refractivity (Wildman–Crippen MR) is 108 cm³/mol. The number of aryl methyl sites for hydroxylation is 1. The van der Waals surface area contributed by atoms with Crippen molar-refractivity contribution in [3.8, 4) is 0 Å². The van der Waals surface area contributed by atoms with Crippen molar-refractivity contribution in [2.45, 2.75) is 13.3 Å². The van der Waals surface area contributed by atoms with Crippen LogP contribution < -0.4 is 11.0 Å². The van der Waals surface area contributed by atoms with Crippen LogP contribution in [0.5, 0.6) is 0 Å². The largest absolute Gasteiger partial charge is 0.469 e. The number of thiophene rings is 1. The Hall–Kier alpha value is -2.97. The highest BCUT2D eigenvalue weighted by atomic mass is 32.1. The molecule has 4 rings (SSSR count). The van der Waals surface area contributed by atoms with Crippen LogP contribution in [0.4, 0.5) is 0 Å². The van der Waals surface area contributed by atoms with E-state index >= 15 is 0 Å². The highest BCUT2D eigenvalue weighted by Gasteiger charge is 2.15. The Balaban J connectivity index is 1.70. The molecule has 0 saturated carbocycles. The Morgan fingerprint density at radius 1 is 1.30 bits per heavy atom. The van der Waals surface area contributed by atoms with Crippen molar-refractivity contribution in [2.24, 2.45) is 0 Å². The fraction of sp³-hybridized carbons (Fsp3) is 0.105. The second-order valence-corrected chi connectivity index (χ2v) is 7.54. The summed E-state index contributed by atoms with van der Waals surface area (Å²) in [4.78, 5) is 30.0. The molecule has 0 aliphatic heterocycles. The van der Waals surface area contributed by atoms with E-state index in [1.807, 2.05) is 36.4 Å². The third kappa shape index (κ3) is 3.36. The minimum Gasteiger partial charge on any atom is -0.469 e. The molecule has 0 spiro atoms. The number of aromatic amines is 1. The molecule has 3 aromatic heterocycles. The van der Waals surface area contributed by atoms with E-state index in [2.05, 4.69) is 10.4 Å². The summed E-state index contributed by atoms with van der Waals surface area (Å²) in [5.41, 5.74) is 3.70. The topological polar surface area (TPSA) is 80.0 Å². The lowest BCUT2D eigenvalue weighted by molar-refractivity contribution is 0.100. The van der Waals surface area contributed by atoms with Gasteiger partial charge in [0.1, 0.15) is 10.6 Å². The highest BCUT2D eigenvalue weighted by Crippen LogP contribution is 2.23. The number of furan rings is 1. The number of hydrogen-bond donors (Lipinski definition) is 2. The molecule has 1 amide bonds. The number of amides is 1. The Morgan fingerprint density at radius 3 is 2.78 bits per heavy atom. The van der Waals surface area contributed by atoms with Crippen LogP contribution in [-0.2, 0) is 6.42 Å². The summed E-state index contributed by atoms with van der Waals surface area (Å²) < 4.78 is 6.33. The Morgan fingerprint density at radius 2 is 2.07 bits per heavy atom. The molecule has 0 radical (unpaired) electrons. The molecule has 0 bridgehead atoms. The number of carbonyl (C=O) groups excluding carboxylic acids is 1. The summed E-state index contributed by atoms with van der Waals surface area (Å²) in [6, 6.07) is 13.4. The van der Waals surface area contributed by atoms with Gasteiger partial charge in [-0.15, -0.1) is 11.3 Å². The van der Waals surface area contributed by atoms with E-state index in [1.54, 1.807) is 13.0 Å². The number of fused-ring (bicyclic) bond motifs is 1. The second-order valence-electron chi connectivity index (χ2n) is 6.02. The monoisotopic (exact) mass is 397 g/mol. The summed E-state index contributed by atoms with van der Waals surface area (Å²) in [6.45, 7) is 1.68. The first kappa shape index (κ1) is 17.4. The molecule has 0 unspecified atom stereocenters. The van der Waals surface area contributed by atoms with Crippen LogP contribution in [0.2, 0.25) is 0 Å². The van der Waals surface area contributed by atoms with Crippen LogP contribution in [0, 0.1) is 11.7 Å². The normalized spacial score (nSPS) is 11.0. The number of H-pyrrole nitrogens is 1. The zero-order valence-corrected chi connectivity index (χ0v) is 15.9. The molecule has 0 fully saturated rings. The predicted octanol–water partition coefficient (Wildman–Crippen LogP) is 4.00. The third-order valence-corrected chi connectivity index (χ3v) is 5.51. The van der Waals surface area contributed by atoms with Gasteiger partial charge in [-0.25, -0.2) is 0 Å². The van der Waals surface area contributed by atoms with Crippen LogP contribution >= 0.6 is 23.6 Å². The van der Waals surface area contributed by atoms with Crippen LogP contribution in [0.15, 0.2) is 57.9 Å². The molecule has 2 N–H and O–H groups in total. The molecular formula is C19H15N3O3S2. The first-order chi connectivity index (χ1) is 13.0. The van der Waals surface area contributed by atoms with E-state index in [9.17, 15) is 9.59 Å². The van der Waals surface area contributed by atoms with Crippen LogP contribution in [0.25, 0.3) is 10.2 Å². The number of rotatable bonds is 4. The Labute approximate surface area is 163 Å². The first-order valence-electron chi connectivity index (χ1n) is 8.20. The maximum absolute atomic E-state index is 12.8. The lowest BCUT2D eigenvalue weighted by Gasteiger charge is -2.07. The van der Waals surface area contributed by atoms with Crippen molar-refractivity contribution in [3.05, 3.63) is 85.6 Å². The van der Waals surface area contributed by atoms with Gasteiger partial charge in [0.05, 0.1) is 17.2 Å². The summed E-state index contributed by atoms with van der Waals surface area (Å²) in [5, 5.41) is 0.490. The zero-order valence-electron chi connectivity index (χ0n) is 14.3. The molecule has 3 heterocycles. The lowest BCUT2D eigenvalue weighted by atomic mass is 10.1. The zero-order chi connectivity index (χ0) is 19.0. The fourth-order valence-electron chi connectivity index (χ4n) is 2.83. The van der Waals surface area contributed by atoms with Gasteiger partial charge in [-0.05, 0) is 36.8 Å². The van der Waals surface area contributed by atoms with Gasteiger partial charge in [-0.1, -0.05) is 30.3 Å². The highest BCUT2D eigenvalue weighted by molar-refractivity contribution is 7.71. The first-order valence-corrected chi connectivity index (χ1v) is 9.42. The number of hydrogen-bond acceptors (Lipinski definition) is 5. The molecule has 1 aromatic carbocycles. The summed E-state index contributed by atoms with van der Waals surface area (Å²) >= 11 is 6.75. The van der Waals surface area contributed by atoms with Crippen LogP contribution in [0.3, 0.4) is 0 Å². The average molecular weight is 397 g/mol. The Bertz CT molecular complexity index is 1250. The fourth-order valence-corrected chi connectivity index (χ4v) is 4.20. The van der Waals surface area contributed by atoms with Gasteiger partial charge >= 0.3 is 0 Å². The summed E-state index contributed by atoms with van der Waals surface area (Å²) in [5.74, 6) is 0.0131. The second kappa shape index (κ2) is 6.98. The van der Waals surface area contributed by atoms with Crippen LogP contribution in [-0.4, -0.2) is 15.6 Å². The maximum atomic E-state index is 12.8. The molecule has 4 aromatic rings. The number of benzene rings is 1. The molecule has 6 nitrogen and oxygen atoms in total. The minimum absolute atomic E-state index is 0.134. The third-order valence-electron chi connectivity index (χ3n) is 4.18. The van der Waals surface area contributed by atoms with Gasteiger partial charge in [-0.2, -0.15) is 4.68 Å². The number of aromatic nitrogens is 2. The molecule has 0 aliphatic carbocycles. The Kier molecular flexibility index (Phi) is 4.51. The molecular weight excluding hydrogens is 382 g/mol. The van der Waals surface area contributed by atoms with Gasteiger partial charge in [0.25, 0.3) is 11.5 Å². The van der Waals surface area contributed by atoms with Crippen LogP contribution in [0.1, 0.15) is 26.6 Å². The van der Waals surface area contributed by atoms with E-state index in [-0.39, 0.29) is 10.3 Å². The summed E-state index contributed by atoms with van der Waals surface area (Å²) in [6.07, 6.45) is 2.15. The van der Waals surface area contributed by atoms with E-state index in [0.717, 1.165) is 21.5 Å². The summed E-state index contributed by atoms with van der Waals surface area (Å²) in [7, 11) is 0. The van der Waals surface area contributed by atoms with Crippen molar-refractivity contribution in [2.75, 3.05) is 5.43 Å². The van der Waals surface area contributed by atoms with Crippen molar-refractivity contribution >= 4 is 39.7 Å². The minimum atomic E-state index is -0.457. The van der Waals surface area contributed by atoms with E-state index in [4.69, 9.17) is 16.6 Å². The maximum Gasteiger partial charge on any atom is 0.282 e. The van der Waals surface area contributed by atoms with E-state index in [1.165, 1.54) is 17.6 Å². The van der Waals surface area contributed by atoms with Crippen molar-refractivity contribution in [3.63, 3.8) is 0 Å². The van der Waals surface area contributed by atoms with E-state index in [0.29, 0.717) is 21.5 Å². The van der Waals surface area contributed by atoms with Crippen molar-refractivity contribution in [1.29, 1.82) is 0 Å². The average Bonchev–Trinajstić information content (AvgIpc) is 3.25. The standard InChI is InChI=1S/C19H15N3O3S2/c1-11-14(7-8-25-11)16(23)21-22-18(24)15-10-13(27-17(15)20-19(22)26)9-12-5-3-2-4-6-12/h2-8,10H,9H2,1H3,(H,20,26)(H,21,23). The number of carbonyl (C=O) groups is 1. The number of nitrogens with zero attached hydrogens (tertiary/aromatic N) is 1. The van der Waals surface area contributed by atoms with Crippen molar-refractivity contribution < 1.29 is 9.21 Å². The van der Waals surface area contributed by atoms with Gasteiger partial charge in [0.15, 0.2) is 0 Å². The van der Waals surface area contributed by atoms with E-state index < -0.39 is 5.91 Å². The molecule has 136 valence electrons. The number of nitrogens with one attached hydrogen (secondary N) is 2. The molecule has 0 atom stereocenters. The van der Waals surface area contributed by atoms with Gasteiger partial charge < -0.3 is 9.40 Å². The SMILES string of the molecule is Cc1occc1C(=O)Nn1c(=S)[nH]c2sc(Cc3ccccc3)cc2c1=O. The molecule has 0 saturated heterocycles. The van der Waals surface area contributed by atoms with Gasteiger partial charge in [-0.3, -0.25) is 15.0 Å².